The minimum Gasteiger partial charge on any atom is -0.389 e. The van der Waals surface area contributed by atoms with Gasteiger partial charge in [0.1, 0.15) is 6.61 Å². The Morgan fingerprint density at radius 3 is 2.24 bits per heavy atom. The summed E-state index contributed by atoms with van der Waals surface area (Å²) < 4.78 is 0. The van der Waals surface area contributed by atoms with Gasteiger partial charge in [0.15, 0.2) is 11.6 Å². The molecule has 0 aliphatic carbocycles. The molecule has 0 aromatic heterocycles. The summed E-state index contributed by atoms with van der Waals surface area (Å²) in [5, 5.41) is 8.52. The summed E-state index contributed by atoms with van der Waals surface area (Å²) in [4.78, 5) is 22.5. The van der Waals surface area contributed by atoms with Gasteiger partial charge < -0.3 is 5.11 Å². The third-order valence-electron chi connectivity index (χ3n) is 2.63. The van der Waals surface area contributed by atoms with E-state index in [2.05, 4.69) is 0 Å². The lowest BCUT2D eigenvalue weighted by Gasteiger charge is -2.01. The lowest BCUT2D eigenvalue weighted by atomic mass is 10.0. The Morgan fingerprint density at radius 2 is 1.59 bits per heavy atom. The summed E-state index contributed by atoms with van der Waals surface area (Å²) in [5.74, 6) is 0.0264. The van der Waals surface area contributed by atoms with Gasteiger partial charge in [0, 0.05) is 18.4 Å². The first-order chi connectivity index (χ1) is 8.24. The van der Waals surface area contributed by atoms with Crippen LogP contribution in [-0.2, 0) is 4.79 Å². The number of benzene rings is 1. The summed E-state index contributed by atoms with van der Waals surface area (Å²) in [6.45, 7) is -0.372. The average Bonchev–Trinajstić information content (AvgIpc) is 2.38. The average molecular weight is 234 g/mol. The zero-order valence-electron chi connectivity index (χ0n) is 9.89. The molecule has 3 heteroatoms. The number of rotatable bonds is 8. The molecule has 0 bridgehead atoms. The molecular formula is C14H18O3. The van der Waals surface area contributed by atoms with E-state index in [0.717, 1.165) is 24.8 Å². The molecule has 0 saturated heterocycles. The van der Waals surface area contributed by atoms with Gasteiger partial charge in [-0.2, -0.15) is 0 Å². The Labute approximate surface area is 101 Å². The summed E-state index contributed by atoms with van der Waals surface area (Å²) >= 11 is 0. The molecule has 17 heavy (non-hydrogen) atoms. The highest BCUT2D eigenvalue weighted by atomic mass is 16.3. The molecule has 0 atom stereocenters. The first kappa shape index (κ1) is 13.6. The SMILES string of the molecule is O=C(CO)CCCCCC(=O)c1ccccc1. The largest absolute Gasteiger partial charge is 0.389 e. The van der Waals surface area contributed by atoms with Gasteiger partial charge in [0.2, 0.25) is 0 Å². The first-order valence-electron chi connectivity index (χ1n) is 5.95. The maximum atomic E-state index is 11.7. The van der Waals surface area contributed by atoms with Crippen LogP contribution in [0.4, 0.5) is 0 Å². The second kappa shape index (κ2) is 7.74. The number of carbonyl (C=O) groups excluding carboxylic acids is 2. The Morgan fingerprint density at radius 1 is 0.941 bits per heavy atom. The fraction of sp³-hybridized carbons (Fsp3) is 0.429. The zero-order chi connectivity index (χ0) is 12.5. The van der Waals surface area contributed by atoms with Crippen LogP contribution in [0.5, 0.6) is 0 Å². The van der Waals surface area contributed by atoms with E-state index in [1.807, 2.05) is 30.3 Å². The van der Waals surface area contributed by atoms with Crippen LogP contribution in [0.15, 0.2) is 30.3 Å². The highest BCUT2D eigenvalue weighted by molar-refractivity contribution is 5.95. The molecule has 92 valence electrons. The molecule has 0 heterocycles. The Hall–Kier alpha value is -1.48. The van der Waals surface area contributed by atoms with E-state index in [0.29, 0.717) is 12.8 Å². The van der Waals surface area contributed by atoms with Crippen LogP contribution in [-0.4, -0.2) is 23.3 Å². The second-order valence-electron chi connectivity index (χ2n) is 4.05. The van der Waals surface area contributed by atoms with E-state index < -0.39 is 0 Å². The van der Waals surface area contributed by atoms with Gasteiger partial charge in [-0.1, -0.05) is 36.8 Å². The van der Waals surface area contributed by atoms with Crippen LogP contribution < -0.4 is 0 Å². The van der Waals surface area contributed by atoms with E-state index in [4.69, 9.17) is 5.11 Å². The Balaban J connectivity index is 2.15. The van der Waals surface area contributed by atoms with Gasteiger partial charge in [-0.25, -0.2) is 0 Å². The van der Waals surface area contributed by atoms with Gasteiger partial charge in [-0.3, -0.25) is 9.59 Å². The number of ketones is 2. The molecule has 0 unspecified atom stereocenters. The van der Waals surface area contributed by atoms with Crippen LogP contribution >= 0.6 is 0 Å². The molecule has 0 radical (unpaired) electrons. The topological polar surface area (TPSA) is 54.4 Å². The van der Waals surface area contributed by atoms with Crippen molar-refractivity contribution >= 4 is 11.6 Å². The van der Waals surface area contributed by atoms with Crippen molar-refractivity contribution in [3.63, 3.8) is 0 Å². The van der Waals surface area contributed by atoms with Gasteiger partial charge in [-0.05, 0) is 12.8 Å². The van der Waals surface area contributed by atoms with Crippen molar-refractivity contribution in [2.75, 3.05) is 6.61 Å². The molecule has 0 spiro atoms. The molecule has 0 amide bonds. The van der Waals surface area contributed by atoms with Crippen LogP contribution in [0.2, 0.25) is 0 Å². The van der Waals surface area contributed by atoms with E-state index in [1.165, 1.54) is 0 Å². The number of hydrogen-bond acceptors (Lipinski definition) is 3. The third-order valence-corrected chi connectivity index (χ3v) is 2.63. The smallest absolute Gasteiger partial charge is 0.162 e. The van der Waals surface area contributed by atoms with Crippen molar-refractivity contribution in [2.24, 2.45) is 0 Å². The molecule has 0 aliphatic heterocycles. The molecular weight excluding hydrogens is 216 g/mol. The summed E-state index contributed by atoms with van der Waals surface area (Å²) in [5.41, 5.74) is 0.749. The Bertz CT molecular complexity index is 357. The molecule has 1 aromatic carbocycles. The lowest BCUT2D eigenvalue weighted by molar-refractivity contribution is -0.121. The summed E-state index contributed by atoms with van der Waals surface area (Å²) in [6, 6.07) is 9.23. The van der Waals surface area contributed by atoms with Crippen LogP contribution in [0.25, 0.3) is 0 Å². The van der Waals surface area contributed by atoms with Crippen molar-refractivity contribution in [1.82, 2.24) is 0 Å². The van der Waals surface area contributed by atoms with Crippen molar-refractivity contribution in [1.29, 1.82) is 0 Å². The predicted molar refractivity (Wildman–Crippen MR) is 66.0 cm³/mol. The zero-order valence-corrected chi connectivity index (χ0v) is 9.89. The minimum absolute atomic E-state index is 0.126. The third kappa shape index (κ3) is 5.41. The van der Waals surface area contributed by atoms with Crippen molar-refractivity contribution in [2.45, 2.75) is 32.1 Å². The van der Waals surface area contributed by atoms with Crippen molar-refractivity contribution in [3.05, 3.63) is 35.9 Å². The predicted octanol–water partition coefficient (Wildman–Crippen LogP) is 2.38. The highest BCUT2D eigenvalue weighted by Gasteiger charge is 2.04. The maximum Gasteiger partial charge on any atom is 0.162 e. The van der Waals surface area contributed by atoms with E-state index in [-0.39, 0.29) is 18.2 Å². The fourth-order valence-electron chi connectivity index (χ4n) is 1.63. The summed E-state index contributed by atoms with van der Waals surface area (Å²) in [7, 11) is 0. The number of hydrogen-bond donors (Lipinski definition) is 1. The molecule has 0 saturated carbocycles. The Kier molecular flexibility index (Phi) is 6.18. The molecule has 3 nitrogen and oxygen atoms in total. The first-order valence-corrected chi connectivity index (χ1v) is 5.95. The highest BCUT2D eigenvalue weighted by Crippen LogP contribution is 2.09. The van der Waals surface area contributed by atoms with Gasteiger partial charge >= 0.3 is 0 Å². The van der Waals surface area contributed by atoms with Crippen LogP contribution in [0.1, 0.15) is 42.5 Å². The number of Topliss-reactive ketones (excluding diaryl/α,β-unsaturated/α-hetero) is 2. The number of unbranched alkanes of at least 4 members (excludes halogenated alkanes) is 2. The number of aliphatic hydroxyl groups excluding tert-OH is 1. The lowest BCUT2D eigenvalue weighted by Crippen LogP contribution is -2.03. The van der Waals surface area contributed by atoms with Crippen molar-refractivity contribution < 1.29 is 14.7 Å². The van der Waals surface area contributed by atoms with Crippen LogP contribution in [0.3, 0.4) is 0 Å². The quantitative estimate of drug-likeness (QED) is 0.555. The van der Waals surface area contributed by atoms with E-state index >= 15 is 0 Å². The number of carbonyl (C=O) groups is 2. The van der Waals surface area contributed by atoms with Gasteiger partial charge in [-0.15, -0.1) is 0 Å². The molecule has 0 fully saturated rings. The number of aliphatic hydroxyl groups is 1. The van der Waals surface area contributed by atoms with Crippen LogP contribution in [0, 0.1) is 0 Å². The summed E-state index contributed by atoms with van der Waals surface area (Å²) in [6.07, 6.45) is 3.34. The van der Waals surface area contributed by atoms with E-state index in [1.54, 1.807) is 0 Å². The second-order valence-corrected chi connectivity index (χ2v) is 4.05. The maximum absolute atomic E-state index is 11.7. The van der Waals surface area contributed by atoms with E-state index in [9.17, 15) is 9.59 Å². The molecule has 1 aromatic rings. The van der Waals surface area contributed by atoms with Crippen molar-refractivity contribution in [3.8, 4) is 0 Å². The fourth-order valence-corrected chi connectivity index (χ4v) is 1.63. The van der Waals surface area contributed by atoms with Gasteiger partial charge in [0.25, 0.3) is 0 Å². The molecule has 0 aliphatic rings. The van der Waals surface area contributed by atoms with Gasteiger partial charge in [0.05, 0.1) is 0 Å². The molecule has 1 N–H and O–H groups in total. The molecule has 1 rings (SSSR count). The minimum atomic E-state index is -0.372. The normalized spacial score (nSPS) is 10.2. The monoisotopic (exact) mass is 234 g/mol. The standard InChI is InChI=1S/C14H18O3/c15-11-13(16)9-5-2-6-10-14(17)12-7-3-1-4-8-12/h1,3-4,7-8,15H,2,5-6,9-11H2.